The van der Waals surface area contributed by atoms with Crippen LogP contribution in [0.25, 0.3) is 11.0 Å². The number of para-hydroxylation sites is 1. The Morgan fingerprint density at radius 2 is 2.11 bits per heavy atom. The van der Waals surface area contributed by atoms with Gasteiger partial charge in [0.05, 0.1) is 11.0 Å². The van der Waals surface area contributed by atoms with Gasteiger partial charge in [-0.2, -0.15) is 0 Å². The number of hydrogen-bond acceptors (Lipinski definition) is 4. The molecule has 1 unspecified atom stereocenters. The molecule has 0 aliphatic rings. The minimum absolute atomic E-state index is 0.306. The highest BCUT2D eigenvalue weighted by molar-refractivity contribution is 5.78. The van der Waals surface area contributed by atoms with Gasteiger partial charge >= 0.3 is 0 Å². The fourth-order valence-electron chi connectivity index (χ4n) is 2.34. The van der Waals surface area contributed by atoms with Crippen LogP contribution in [0, 0.1) is 0 Å². The van der Waals surface area contributed by atoms with Crippen LogP contribution in [0.2, 0.25) is 0 Å². The maximum absolute atomic E-state index is 5.14. The Balaban J connectivity index is 2.27. The second-order valence-corrected chi connectivity index (χ2v) is 4.52. The normalized spacial score (nSPS) is 12.7. The molecular weight excluding hydrogens is 238 g/mol. The van der Waals surface area contributed by atoms with Gasteiger partial charge in [-0.05, 0) is 31.0 Å². The van der Waals surface area contributed by atoms with Crippen LogP contribution in [0.1, 0.15) is 31.4 Å². The first kappa shape index (κ1) is 13.9. The Labute approximate surface area is 114 Å². The Kier molecular flexibility index (Phi) is 5.24. The average Bonchev–Trinajstić information content (AvgIpc) is 2.46. The van der Waals surface area contributed by atoms with E-state index in [1.807, 2.05) is 12.1 Å². The van der Waals surface area contributed by atoms with Crippen molar-refractivity contribution in [1.29, 1.82) is 0 Å². The number of rotatable bonds is 7. The second kappa shape index (κ2) is 7.16. The summed E-state index contributed by atoms with van der Waals surface area (Å²) in [6.07, 6.45) is 5.56. The molecule has 0 fully saturated rings. The lowest BCUT2D eigenvalue weighted by atomic mass is 10.0. The van der Waals surface area contributed by atoms with Gasteiger partial charge in [0.25, 0.3) is 0 Å². The van der Waals surface area contributed by atoms with Crippen LogP contribution in [-0.4, -0.2) is 30.2 Å². The molecule has 1 heterocycles. The van der Waals surface area contributed by atoms with Crippen molar-refractivity contribution in [3.8, 4) is 0 Å². The zero-order valence-corrected chi connectivity index (χ0v) is 11.6. The third-order valence-electron chi connectivity index (χ3n) is 3.20. The van der Waals surface area contributed by atoms with Crippen LogP contribution < -0.4 is 5.32 Å². The molecule has 0 amide bonds. The van der Waals surface area contributed by atoms with Crippen LogP contribution in [-0.2, 0) is 4.74 Å². The first-order valence-corrected chi connectivity index (χ1v) is 6.78. The second-order valence-electron chi connectivity index (χ2n) is 4.52. The van der Waals surface area contributed by atoms with Crippen LogP contribution in [0.4, 0.5) is 0 Å². The van der Waals surface area contributed by atoms with E-state index >= 15 is 0 Å². The minimum atomic E-state index is 0.306. The van der Waals surface area contributed by atoms with Crippen molar-refractivity contribution in [2.45, 2.75) is 25.8 Å². The number of hydrogen-bond donors (Lipinski definition) is 1. The smallest absolute Gasteiger partial charge is 0.0934 e. The average molecular weight is 259 g/mol. The maximum Gasteiger partial charge on any atom is 0.0934 e. The predicted molar refractivity (Wildman–Crippen MR) is 77.1 cm³/mol. The van der Waals surface area contributed by atoms with Crippen LogP contribution in [0.5, 0.6) is 0 Å². The number of nitrogens with zero attached hydrogens (tertiary/aromatic N) is 2. The van der Waals surface area contributed by atoms with Gasteiger partial charge in [-0.3, -0.25) is 9.97 Å². The summed E-state index contributed by atoms with van der Waals surface area (Å²) in [6, 6.07) is 6.49. The number of fused-ring (bicyclic) bond motifs is 1. The molecule has 0 radical (unpaired) electrons. The third kappa shape index (κ3) is 3.49. The summed E-state index contributed by atoms with van der Waals surface area (Å²) in [4.78, 5) is 8.84. The molecular formula is C15H21N3O. The van der Waals surface area contributed by atoms with E-state index in [1.165, 1.54) is 5.56 Å². The lowest BCUT2D eigenvalue weighted by molar-refractivity contribution is 0.189. The molecule has 19 heavy (non-hydrogen) atoms. The summed E-state index contributed by atoms with van der Waals surface area (Å²) in [6.45, 7) is 3.85. The predicted octanol–water partition coefficient (Wildman–Crippen LogP) is 2.71. The molecule has 0 aliphatic heterocycles. The standard InChI is InChI=1S/C15H21N3O/c1-3-16-13(8-5-11-19-2)12-6-4-7-14-15(12)18-10-9-17-14/h4,6-7,9-10,13,16H,3,5,8,11H2,1-2H3. The molecule has 0 saturated carbocycles. The van der Waals surface area contributed by atoms with Gasteiger partial charge in [0.2, 0.25) is 0 Å². The Bertz CT molecular complexity index is 510. The van der Waals surface area contributed by atoms with Gasteiger partial charge < -0.3 is 10.1 Å². The summed E-state index contributed by atoms with van der Waals surface area (Å²) in [7, 11) is 1.74. The molecule has 4 nitrogen and oxygen atoms in total. The number of ether oxygens (including phenoxy) is 1. The molecule has 1 N–H and O–H groups in total. The Morgan fingerprint density at radius 1 is 1.26 bits per heavy atom. The van der Waals surface area contributed by atoms with Gasteiger partial charge in [-0.1, -0.05) is 19.1 Å². The summed E-state index contributed by atoms with van der Waals surface area (Å²) < 4.78 is 5.14. The highest BCUT2D eigenvalue weighted by atomic mass is 16.5. The van der Waals surface area contributed by atoms with Gasteiger partial charge in [-0.15, -0.1) is 0 Å². The zero-order valence-electron chi connectivity index (χ0n) is 11.6. The van der Waals surface area contributed by atoms with Crippen molar-refractivity contribution >= 4 is 11.0 Å². The van der Waals surface area contributed by atoms with Gasteiger partial charge in [-0.25, -0.2) is 0 Å². The summed E-state index contributed by atoms with van der Waals surface area (Å²) in [5.41, 5.74) is 3.17. The van der Waals surface area contributed by atoms with Gasteiger partial charge in [0.1, 0.15) is 0 Å². The molecule has 2 rings (SSSR count). The Morgan fingerprint density at radius 3 is 2.89 bits per heavy atom. The molecule has 1 atom stereocenters. The number of aromatic nitrogens is 2. The molecule has 0 saturated heterocycles. The number of benzene rings is 1. The third-order valence-corrected chi connectivity index (χ3v) is 3.20. The van der Waals surface area contributed by atoms with E-state index in [0.29, 0.717) is 6.04 Å². The van der Waals surface area contributed by atoms with Gasteiger partial charge in [0.15, 0.2) is 0 Å². The van der Waals surface area contributed by atoms with E-state index in [-0.39, 0.29) is 0 Å². The maximum atomic E-state index is 5.14. The van der Waals surface area contributed by atoms with E-state index < -0.39 is 0 Å². The molecule has 102 valence electrons. The Hall–Kier alpha value is -1.52. The highest BCUT2D eigenvalue weighted by Gasteiger charge is 2.14. The number of nitrogens with one attached hydrogen (secondary N) is 1. The molecule has 0 spiro atoms. The van der Waals surface area contributed by atoms with E-state index in [9.17, 15) is 0 Å². The first-order chi connectivity index (χ1) is 9.36. The lowest BCUT2D eigenvalue weighted by Gasteiger charge is -2.19. The topological polar surface area (TPSA) is 47.0 Å². The molecule has 0 aliphatic carbocycles. The summed E-state index contributed by atoms with van der Waals surface area (Å²) >= 11 is 0. The van der Waals surface area contributed by atoms with E-state index in [0.717, 1.165) is 37.0 Å². The molecule has 2 aromatic rings. The lowest BCUT2D eigenvalue weighted by Crippen LogP contribution is -2.21. The molecule has 4 heteroatoms. The summed E-state index contributed by atoms with van der Waals surface area (Å²) in [5.74, 6) is 0. The van der Waals surface area contributed by atoms with Crippen molar-refractivity contribution in [2.24, 2.45) is 0 Å². The van der Waals surface area contributed by atoms with E-state index in [1.54, 1.807) is 19.5 Å². The fraction of sp³-hybridized carbons (Fsp3) is 0.467. The SMILES string of the molecule is CCNC(CCCOC)c1cccc2nccnc12. The van der Waals surface area contributed by atoms with Crippen molar-refractivity contribution in [2.75, 3.05) is 20.3 Å². The van der Waals surface area contributed by atoms with Crippen LogP contribution >= 0.6 is 0 Å². The first-order valence-electron chi connectivity index (χ1n) is 6.78. The molecule has 1 aromatic heterocycles. The van der Waals surface area contributed by atoms with E-state index in [2.05, 4.69) is 28.3 Å². The van der Waals surface area contributed by atoms with E-state index in [4.69, 9.17) is 4.74 Å². The molecule has 0 bridgehead atoms. The zero-order chi connectivity index (χ0) is 13.5. The highest BCUT2D eigenvalue weighted by Crippen LogP contribution is 2.24. The van der Waals surface area contributed by atoms with Crippen molar-refractivity contribution < 1.29 is 4.74 Å². The number of methoxy groups -OCH3 is 1. The minimum Gasteiger partial charge on any atom is -0.385 e. The monoisotopic (exact) mass is 259 g/mol. The van der Waals surface area contributed by atoms with Crippen molar-refractivity contribution in [3.63, 3.8) is 0 Å². The fourth-order valence-corrected chi connectivity index (χ4v) is 2.34. The van der Waals surface area contributed by atoms with Crippen molar-refractivity contribution in [3.05, 3.63) is 36.2 Å². The quantitative estimate of drug-likeness (QED) is 0.777. The summed E-state index contributed by atoms with van der Waals surface area (Å²) in [5, 5.41) is 3.53. The molecule has 1 aromatic carbocycles. The van der Waals surface area contributed by atoms with Crippen molar-refractivity contribution in [1.82, 2.24) is 15.3 Å². The largest absolute Gasteiger partial charge is 0.385 e. The van der Waals surface area contributed by atoms with Crippen LogP contribution in [0.3, 0.4) is 0 Å². The van der Waals surface area contributed by atoms with Gasteiger partial charge in [0, 0.05) is 32.2 Å². The van der Waals surface area contributed by atoms with Crippen LogP contribution in [0.15, 0.2) is 30.6 Å².